The molecule has 3 nitrogen and oxygen atoms in total. The summed E-state index contributed by atoms with van der Waals surface area (Å²) in [5.74, 6) is 0.523. The first-order valence-corrected chi connectivity index (χ1v) is 4.56. The highest BCUT2D eigenvalue weighted by Crippen LogP contribution is 2.39. The molecule has 2 rings (SSSR count). The van der Waals surface area contributed by atoms with Gasteiger partial charge in [-0.2, -0.15) is 0 Å². The second kappa shape index (κ2) is 3.52. The minimum atomic E-state index is -0.545. The number of aliphatic hydroxyl groups is 1. The van der Waals surface area contributed by atoms with Crippen LogP contribution in [0.4, 0.5) is 0 Å². The van der Waals surface area contributed by atoms with Gasteiger partial charge in [-0.25, -0.2) is 0 Å². The van der Waals surface area contributed by atoms with Gasteiger partial charge in [-0.05, 0) is 24.8 Å². The van der Waals surface area contributed by atoms with Crippen molar-refractivity contribution >= 4 is 0 Å². The van der Waals surface area contributed by atoms with Crippen LogP contribution in [0, 0.1) is 5.92 Å². The minimum Gasteiger partial charge on any atom is -0.472 e. The highest BCUT2D eigenvalue weighted by atomic mass is 16.5. The molecule has 0 aliphatic heterocycles. The van der Waals surface area contributed by atoms with Gasteiger partial charge in [-0.1, -0.05) is 0 Å². The van der Waals surface area contributed by atoms with E-state index in [1.807, 2.05) is 0 Å². The van der Waals surface area contributed by atoms with Crippen molar-refractivity contribution in [3.63, 3.8) is 0 Å². The molecule has 0 radical (unpaired) electrons. The Labute approximate surface area is 77.3 Å². The van der Waals surface area contributed by atoms with Crippen LogP contribution >= 0.6 is 0 Å². The van der Waals surface area contributed by atoms with E-state index < -0.39 is 6.10 Å². The van der Waals surface area contributed by atoms with Crippen molar-refractivity contribution in [2.45, 2.75) is 25.0 Å². The fraction of sp³-hybridized carbons (Fsp3) is 0.600. The molecule has 0 amide bonds. The Kier molecular flexibility index (Phi) is 2.38. The molecule has 1 aromatic rings. The Balaban J connectivity index is 2.05. The number of hydrogen-bond donors (Lipinski definition) is 1. The van der Waals surface area contributed by atoms with Gasteiger partial charge >= 0.3 is 0 Å². The number of aliphatic hydroxyl groups excluding tert-OH is 1. The average molecular weight is 182 g/mol. The van der Waals surface area contributed by atoms with Crippen LogP contribution in [0.2, 0.25) is 0 Å². The zero-order valence-electron chi connectivity index (χ0n) is 7.64. The largest absolute Gasteiger partial charge is 0.472 e. The average Bonchev–Trinajstić information content (AvgIpc) is 2.83. The molecule has 1 N–H and O–H groups in total. The van der Waals surface area contributed by atoms with Crippen molar-refractivity contribution in [3.8, 4) is 0 Å². The molecule has 0 aromatic carbocycles. The Morgan fingerprint density at radius 2 is 2.38 bits per heavy atom. The standard InChI is InChI=1S/C10H14O3/c1-12-10(7-2-3-7)9(11)8-4-5-13-6-8/h4-7,9-11H,2-3H2,1H3. The first kappa shape index (κ1) is 8.78. The van der Waals surface area contributed by atoms with Gasteiger partial charge in [0.1, 0.15) is 6.10 Å². The first-order valence-electron chi connectivity index (χ1n) is 4.56. The van der Waals surface area contributed by atoms with Gasteiger partial charge in [-0.15, -0.1) is 0 Å². The van der Waals surface area contributed by atoms with Gasteiger partial charge in [0, 0.05) is 12.7 Å². The lowest BCUT2D eigenvalue weighted by Crippen LogP contribution is -2.22. The molecule has 1 aliphatic rings. The molecular formula is C10H14O3. The lowest BCUT2D eigenvalue weighted by atomic mass is 10.0. The van der Waals surface area contributed by atoms with Gasteiger partial charge in [0.2, 0.25) is 0 Å². The predicted octanol–water partition coefficient (Wildman–Crippen LogP) is 1.74. The van der Waals surface area contributed by atoms with Crippen molar-refractivity contribution in [1.82, 2.24) is 0 Å². The Morgan fingerprint density at radius 1 is 1.62 bits per heavy atom. The third kappa shape index (κ3) is 1.76. The van der Waals surface area contributed by atoms with E-state index in [0.29, 0.717) is 5.92 Å². The van der Waals surface area contributed by atoms with Gasteiger partial charge in [0.15, 0.2) is 0 Å². The lowest BCUT2D eigenvalue weighted by Gasteiger charge is -2.19. The van der Waals surface area contributed by atoms with E-state index in [4.69, 9.17) is 9.15 Å². The van der Waals surface area contributed by atoms with Gasteiger partial charge in [0.25, 0.3) is 0 Å². The normalized spacial score (nSPS) is 21.4. The third-order valence-corrected chi connectivity index (χ3v) is 2.55. The number of ether oxygens (including phenoxy) is 1. The lowest BCUT2D eigenvalue weighted by molar-refractivity contribution is -0.0261. The zero-order chi connectivity index (χ0) is 9.26. The van der Waals surface area contributed by atoms with Gasteiger partial charge in [-0.3, -0.25) is 0 Å². The molecule has 2 unspecified atom stereocenters. The molecule has 1 heterocycles. The summed E-state index contributed by atoms with van der Waals surface area (Å²) in [5.41, 5.74) is 0.804. The summed E-state index contributed by atoms with van der Waals surface area (Å²) in [6, 6.07) is 1.78. The van der Waals surface area contributed by atoms with E-state index in [2.05, 4.69) is 0 Å². The highest BCUT2D eigenvalue weighted by molar-refractivity contribution is 5.12. The molecular weight excluding hydrogens is 168 g/mol. The summed E-state index contributed by atoms with van der Waals surface area (Å²) in [4.78, 5) is 0. The van der Waals surface area contributed by atoms with E-state index in [1.54, 1.807) is 25.7 Å². The summed E-state index contributed by atoms with van der Waals surface area (Å²) in [6.07, 6.45) is 4.84. The maximum atomic E-state index is 9.89. The quantitative estimate of drug-likeness (QED) is 0.771. The number of rotatable bonds is 4. The molecule has 0 saturated heterocycles. The predicted molar refractivity (Wildman–Crippen MR) is 47.2 cm³/mol. The summed E-state index contributed by atoms with van der Waals surface area (Å²) in [6.45, 7) is 0. The van der Waals surface area contributed by atoms with E-state index in [1.165, 1.54) is 0 Å². The molecule has 1 aromatic heterocycles. The van der Waals surface area contributed by atoms with E-state index in [9.17, 15) is 5.11 Å². The minimum absolute atomic E-state index is 0.0717. The molecule has 0 bridgehead atoms. The van der Waals surface area contributed by atoms with Crippen molar-refractivity contribution in [3.05, 3.63) is 24.2 Å². The molecule has 2 atom stereocenters. The molecule has 3 heteroatoms. The molecule has 0 spiro atoms. The SMILES string of the molecule is COC(C1CC1)C(O)c1ccoc1. The monoisotopic (exact) mass is 182 g/mol. The first-order chi connectivity index (χ1) is 6.33. The number of methoxy groups -OCH3 is 1. The summed E-state index contributed by atoms with van der Waals surface area (Å²) >= 11 is 0. The topological polar surface area (TPSA) is 42.6 Å². The maximum absolute atomic E-state index is 9.89. The highest BCUT2D eigenvalue weighted by Gasteiger charge is 2.36. The fourth-order valence-corrected chi connectivity index (χ4v) is 1.64. The van der Waals surface area contributed by atoms with E-state index >= 15 is 0 Å². The summed E-state index contributed by atoms with van der Waals surface area (Å²) < 4.78 is 10.2. The second-order valence-electron chi connectivity index (χ2n) is 3.54. The molecule has 13 heavy (non-hydrogen) atoms. The van der Waals surface area contributed by atoms with Crippen molar-refractivity contribution < 1.29 is 14.3 Å². The van der Waals surface area contributed by atoms with Crippen LogP contribution < -0.4 is 0 Å². The number of hydrogen-bond acceptors (Lipinski definition) is 3. The van der Waals surface area contributed by atoms with Crippen LogP contribution in [0.1, 0.15) is 24.5 Å². The van der Waals surface area contributed by atoms with Crippen LogP contribution in [0.25, 0.3) is 0 Å². The molecule has 1 aliphatic carbocycles. The Morgan fingerprint density at radius 3 is 2.85 bits per heavy atom. The smallest absolute Gasteiger partial charge is 0.108 e. The van der Waals surface area contributed by atoms with Gasteiger partial charge < -0.3 is 14.3 Å². The second-order valence-corrected chi connectivity index (χ2v) is 3.54. The van der Waals surface area contributed by atoms with Crippen LogP contribution in [0.3, 0.4) is 0 Å². The zero-order valence-corrected chi connectivity index (χ0v) is 7.64. The number of furan rings is 1. The van der Waals surface area contributed by atoms with Gasteiger partial charge in [0.05, 0.1) is 18.6 Å². The van der Waals surface area contributed by atoms with Crippen molar-refractivity contribution in [1.29, 1.82) is 0 Å². The van der Waals surface area contributed by atoms with E-state index in [-0.39, 0.29) is 6.10 Å². The van der Waals surface area contributed by atoms with Crippen LogP contribution in [-0.2, 0) is 4.74 Å². The van der Waals surface area contributed by atoms with Crippen molar-refractivity contribution in [2.24, 2.45) is 5.92 Å². The Bertz CT molecular complexity index is 251. The fourth-order valence-electron chi connectivity index (χ4n) is 1.64. The van der Waals surface area contributed by atoms with Crippen LogP contribution in [-0.4, -0.2) is 18.3 Å². The van der Waals surface area contributed by atoms with Crippen LogP contribution in [0.5, 0.6) is 0 Å². The molecule has 1 fully saturated rings. The van der Waals surface area contributed by atoms with Crippen molar-refractivity contribution in [2.75, 3.05) is 7.11 Å². The maximum Gasteiger partial charge on any atom is 0.108 e. The summed E-state index contributed by atoms with van der Waals surface area (Å²) in [5, 5.41) is 9.89. The van der Waals surface area contributed by atoms with Crippen LogP contribution in [0.15, 0.2) is 23.0 Å². The molecule has 1 saturated carbocycles. The van der Waals surface area contributed by atoms with E-state index in [0.717, 1.165) is 18.4 Å². The summed E-state index contributed by atoms with van der Waals surface area (Å²) in [7, 11) is 1.65. The third-order valence-electron chi connectivity index (χ3n) is 2.55. The molecule has 72 valence electrons. The Hall–Kier alpha value is -0.800.